The average Bonchev–Trinajstić information content (AvgIpc) is 3.11. The first-order valence-corrected chi connectivity index (χ1v) is 9.28. The van der Waals surface area contributed by atoms with E-state index in [-0.39, 0.29) is 11.5 Å². The third-order valence-corrected chi connectivity index (χ3v) is 5.16. The molecule has 0 bridgehead atoms. The van der Waals surface area contributed by atoms with Crippen LogP contribution >= 0.6 is 12.2 Å². The van der Waals surface area contributed by atoms with E-state index in [0.29, 0.717) is 10.7 Å². The average molecular weight is 369 g/mol. The molecule has 2 N–H and O–H groups in total. The molecule has 5 heteroatoms. The zero-order valence-electron chi connectivity index (χ0n) is 15.2. The molecule has 2 aromatic carbocycles. The summed E-state index contributed by atoms with van der Waals surface area (Å²) in [7, 11) is 1.38. The molecule has 0 heterocycles. The Labute approximate surface area is 160 Å². The summed E-state index contributed by atoms with van der Waals surface area (Å²) in [5.74, 6) is -0.362. The summed E-state index contributed by atoms with van der Waals surface area (Å²) >= 11 is 5.57. The zero-order valence-corrected chi connectivity index (χ0v) is 16.0. The third-order valence-electron chi connectivity index (χ3n) is 4.96. The Balaban J connectivity index is 1.75. The minimum atomic E-state index is -0.362. The predicted molar refractivity (Wildman–Crippen MR) is 108 cm³/mol. The molecule has 0 unspecified atom stereocenters. The molecule has 4 nitrogen and oxygen atoms in total. The highest BCUT2D eigenvalue weighted by molar-refractivity contribution is 7.80. The molecule has 0 spiro atoms. The fraction of sp³-hybridized carbons (Fsp3) is 0.333. The van der Waals surface area contributed by atoms with Crippen LogP contribution in [0.25, 0.3) is 0 Å². The Hall–Kier alpha value is -2.40. The molecule has 1 fully saturated rings. The summed E-state index contributed by atoms with van der Waals surface area (Å²) in [6, 6.07) is 15.8. The largest absolute Gasteiger partial charge is 0.465 e. The van der Waals surface area contributed by atoms with Gasteiger partial charge in [0.2, 0.25) is 0 Å². The lowest BCUT2D eigenvalue weighted by atomic mass is 9.88. The highest BCUT2D eigenvalue weighted by Gasteiger charge is 2.36. The van der Waals surface area contributed by atoms with Crippen LogP contribution in [0.5, 0.6) is 0 Å². The number of ether oxygens (including phenoxy) is 1. The Morgan fingerprint density at radius 1 is 1.12 bits per heavy atom. The fourth-order valence-electron chi connectivity index (χ4n) is 3.56. The molecule has 2 aromatic rings. The van der Waals surface area contributed by atoms with Crippen LogP contribution < -0.4 is 10.6 Å². The van der Waals surface area contributed by atoms with Gasteiger partial charge in [-0.25, -0.2) is 4.79 Å². The summed E-state index contributed by atoms with van der Waals surface area (Å²) < 4.78 is 4.77. The molecule has 1 saturated carbocycles. The van der Waals surface area contributed by atoms with Gasteiger partial charge in [0, 0.05) is 5.69 Å². The lowest BCUT2D eigenvalue weighted by Crippen LogP contribution is -2.45. The Kier molecular flexibility index (Phi) is 5.57. The molecule has 0 aromatic heterocycles. The summed E-state index contributed by atoms with van der Waals surface area (Å²) in [6.45, 7) is 2.10. The Bertz CT molecular complexity index is 796. The maximum absolute atomic E-state index is 11.7. The molecule has 0 aliphatic heterocycles. The van der Waals surface area contributed by atoms with Crippen molar-refractivity contribution in [2.75, 3.05) is 12.4 Å². The molecule has 3 rings (SSSR count). The van der Waals surface area contributed by atoms with Crippen molar-refractivity contribution in [1.82, 2.24) is 5.32 Å². The second-order valence-electron chi connectivity index (χ2n) is 6.81. The normalized spacial score (nSPS) is 15.3. The number of methoxy groups -OCH3 is 1. The second kappa shape index (κ2) is 7.87. The minimum Gasteiger partial charge on any atom is -0.465 e. The van der Waals surface area contributed by atoms with Crippen molar-refractivity contribution in [2.24, 2.45) is 0 Å². The number of nitrogens with one attached hydrogen (secondary N) is 2. The zero-order chi connectivity index (χ0) is 18.6. The second-order valence-corrected chi connectivity index (χ2v) is 7.21. The van der Waals surface area contributed by atoms with E-state index in [2.05, 4.69) is 41.8 Å². The predicted octanol–water partition coefficient (Wildman–Crippen LogP) is 4.54. The smallest absolute Gasteiger partial charge is 0.337 e. The standard InChI is InChI=1S/C21H24N2O2S/c1-15-8-10-17(11-9-15)21(12-3-4-13-21)23-20(26)22-18-7-5-6-16(14-18)19(24)25-2/h5-11,14H,3-4,12-13H2,1-2H3,(H2,22,23,26). The lowest BCUT2D eigenvalue weighted by molar-refractivity contribution is 0.0601. The number of anilines is 1. The van der Waals surface area contributed by atoms with Gasteiger partial charge < -0.3 is 15.4 Å². The van der Waals surface area contributed by atoms with E-state index < -0.39 is 0 Å². The molecule has 26 heavy (non-hydrogen) atoms. The van der Waals surface area contributed by atoms with Crippen molar-refractivity contribution in [3.63, 3.8) is 0 Å². The van der Waals surface area contributed by atoms with Gasteiger partial charge in [0.05, 0.1) is 18.2 Å². The van der Waals surface area contributed by atoms with Gasteiger partial charge in [-0.3, -0.25) is 0 Å². The van der Waals surface area contributed by atoms with E-state index in [1.807, 2.05) is 12.1 Å². The first-order chi connectivity index (χ1) is 12.5. The van der Waals surface area contributed by atoms with Crippen LogP contribution in [0.4, 0.5) is 5.69 Å². The number of hydrogen-bond donors (Lipinski definition) is 2. The van der Waals surface area contributed by atoms with Gasteiger partial charge in [0.25, 0.3) is 0 Å². The molecule has 0 amide bonds. The van der Waals surface area contributed by atoms with E-state index in [1.54, 1.807) is 12.1 Å². The first-order valence-electron chi connectivity index (χ1n) is 8.87. The molecular weight excluding hydrogens is 344 g/mol. The van der Waals surface area contributed by atoms with Crippen molar-refractivity contribution in [3.8, 4) is 0 Å². The van der Waals surface area contributed by atoms with Crippen LogP contribution in [0.15, 0.2) is 48.5 Å². The molecule has 0 radical (unpaired) electrons. The van der Waals surface area contributed by atoms with Crippen molar-refractivity contribution in [3.05, 3.63) is 65.2 Å². The van der Waals surface area contributed by atoms with Gasteiger partial charge in [-0.1, -0.05) is 48.7 Å². The van der Waals surface area contributed by atoms with Crippen molar-refractivity contribution in [1.29, 1.82) is 0 Å². The first kappa shape index (κ1) is 18.4. The van der Waals surface area contributed by atoms with Crippen LogP contribution in [0.3, 0.4) is 0 Å². The van der Waals surface area contributed by atoms with Crippen molar-refractivity contribution in [2.45, 2.75) is 38.1 Å². The van der Waals surface area contributed by atoms with Crippen LogP contribution in [0.2, 0.25) is 0 Å². The lowest BCUT2D eigenvalue weighted by Gasteiger charge is -2.32. The van der Waals surface area contributed by atoms with Gasteiger partial charge in [-0.15, -0.1) is 0 Å². The summed E-state index contributed by atoms with van der Waals surface area (Å²) in [5.41, 5.74) is 3.66. The molecule has 0 atom stereocenters. The van der Waals surface area contributed by atoms with E-state index in [0.717, 1.165) is 18.5 Å². The van der Waals surface area contributed by atoms with Crippen LogP contribution in [0.1, 0.15) is 47.2 Å². The number of carbonyl (C=O) groups is 1. The van der Waals surface area contributed by atoms with Crippen molar-refractivity contribution >= 4 is 29.0 Å². The monoisotopic (exact) mass is 368 g/mol. The highest BCUT2D eigenvalue weighted by Crippen LogP contribution is 2.38. The van der Waals surface area contributed by atoms with Gasteiger partial charge in [-0.2, -0.15) is 0 Å². The Morgan fingerprint density at radius 2 is 1.81 bits per heavy atom. The number of rotatable bonds is 4. The molecule has 1 aliphatic carbocycles. The maximum atomic E-state index is 11.7. The number of benzene rings is 2. The topological polar surface area (TPSA) is 50.4 Å². The Morgan fingerprint density at radius 3 is 2.46 bits per heavy atom. The van der Waals surface area contributed by atoms with Crippen LogP contribution in [-0.2, 0) is 10.3 Å². The molecule has 1 aliphatic rings. The van der Waals surface area contributed by atoms with Gasteiger partial charge >= 0.3 is 5.97 Å². The van der Waals surface area contributed by atoms with E-state index in [1.165, 1.54) is 31.1 Å². The van der Waals surface area contributed by atoms with Gasteiger partial charge in [-0.05, 0) is 55.7 Å². The quantitative estimate of drug-likeness (QED) is 0.613. The van der Waals surface area contributed by atoms with Gasteiger partial charge in [0.1, 0.15) is 0 Å². The number of aryl methyl sites for hydroxylation is 1. The minimum absolute atomic E-state index is 0.127. The number of hydrogen-bond acceptors (Lipinski definition) is 3. The summed E-state index contributed by atoms with van der Waals surface area (Å²) in [6.07, 6.45) is 4.47. The molecule has 0 saturated heterocycles. The third kappa shape index (κ3) is 4.05. The SMILES string of the molecule is COC(=O)c1cccc(NC(=S)NC2(c3ccc(C)cc3)CCCC2)c1. The van der Waals surface area contributed by atoms with E-state index in [4.69, 9.17) is 17.0 Å². The number of esters is 1. The highest BCUT2D eigenvalue weighted by atomic mass is 32.1. The van der Waals surface area contributed by atoms with E-state index >= 15 is 0 Å². The number of thiocarbonyl (C=S) groups is 1. The van der Waals surface area contributed by atoms with Crippen LogP contribution in [0, 0.1) is 6.92 Å². The fourth-order valence-corrected chi connectivity index (χ4v) is 3.87. The van der Waals surface area contributed by atoms with Crippen molar-refractivity contribution < 1.29 is 9.53 Å². The summed E-state index contributed by atoms with van der Waals surface area (Å²) in [5, 5.41) is 7.31. The number of carbonyl (C=O) groups excluding carboxylic acids is 1. The maximum Gasteiger partial charge on any atom is 0.337 e. The summed E-state index contributed by atoms with van der Waals surface area (Å²) in [4.78, 5) is 11.7. The molecular formula is C21H24N2O2S. The van der Waals surface area contributed by atoms with E-state index in [9.17, 15) is 4.79 Å². The van der Waals surface area contributed by atoms with Crippen LogP contribution in [-0.4, -0.2) is 18.2 Å². The molecule has 136 valence electrons. The van der Waals surface area contributed by atoms with Gasteiger partial charge in [0.15, 0.2) is 5.11 Å².